The predicted molar refractivity (Wildman–Crippen MR) is 151 cm³/mol. The van der Waals surface area contributed by atoms with Crippen molar-refractivity contribution in [2.24, 2.45) is 34.4 Å². The molecule has 4 aliphatic rings. The summed E-state index contributed by atoms with van der Waals surface area (Å²) in [5.41, 5.74) is 36.0. The van der Waals surface area contributed by atoms with Crippen LogP contribution in [0.1, 0.15) is 6.42 Å². The maximum atomic E-state index is 11.4. The van der Waals surface area contributed by atoms with Gasteiger partial charge < -0.3 is 98.2 Å². The largest absolute Gasteiger partial charge is 0.389 e. The van der Waals surface area contributed by atoms with Gasteiger partial charge in [-0.05, 0) is 6.42 Å². The minimum absolute atomic E-state index is 0.0922. The fraction of sp³-hybridized carbons (Fsp3) is 0.923. The van der Waals surface area contributed by atoms with Gasteiger partial charge in [0, 0.05) is 25.2 Å². The van der Waals surface area contributed by atoms with Crippen molar-refractivity contribution in [2.45, 2.75) is 123 Å². The van der Waals surface area contributed by atoms with E-state index in [1.54, 1.807) is 0 Å². The van der Waals surface area contributed by atoms with E-state index in [0.29, 0.717) is 0 Å². The molecular weight excluding hydrogens is 604 g/mol. The molecule has 0 amide bonds. The molecule has 3 heterocycles. The molecule has 3 aliphatic heterocycles. The number of nitrogens with two attached hydrogens (primary N) is 6. The summed E-state index contributed by atoms with van der Waals surface area (Å²) in [6.07, 6.45) is -14.2. The summed E-state index contributed by atoms with van der Waals surface area (Å²) in [6.45, 7) is -0.595. The summed E-state index contributed by atoms with van der Waals surface area (Å²) in [4.78, 5) is 0. The summed E-state index contributed by atoms with van der Waals surface area (Å²) in [5, 5.41) is 63.7. The van der Waals surface area contributed by atoms with Gasteiger partial charge in [0.15, 0.2) is 18.9 Å². The minimum atomic E-state index is -1.57. The summed E-state index contributed by atoms with van der Waals surface area (Å²) in [7, 11) is 0. The van der Waals surface area contributed by atoms with Gasteiger partial charge in [-0.2, -0.15) is 0 Å². The highest BCUT2D eigenvalue weighted by atomic mass is 16.8. The van der Waals surface area contributed by atoms with Crippen LogP contribution in [0.3, 0.4) is 0 Å². The second-order valence-corrected chi connectivity index (χ2v) is 11.8. The SMILES string of the molecule is C#CCOC[C@H]1O[C@@H](OC2C(O)[C@H](N)CC(N)[C@H]2O[C@H]2OC(CN)[C@@H](O)C(O)C2N)C(O)C1O[C@H]1OC(CN)[C@@H](O)C(O)C1N. The van der Waals surface area contributed by atoms with E-state index in [-0.39, 0.29) is 32.7 Å². The zero-order chi connectivity index (χ0) is 33.2. The molecule has 4 fully saturated rings. The van der Waals surface area contributed by atoms with Crippen molar-refractivity contribution in [3.05, 3.63) is 0 Å². The Morgan fingerprint density at radius 2 is 1.09 bits per heavy atom. The van der Waals surface area contributed by atoms with Gasteiger partial charge in [0.05, 0.1) is 24.8 Å². The Balaban J connectivity index is 1.53. The van der Waals surface area contributed by atoms with Gasteiger partial charge in [0.25, 0.3) is 0 Å². The second-order valence-electron chi connectivity index (χ2n) is 11.8. The zero-order valence-electron chi connectivity index (χ0n) is 24.6. The molecule has 11 unspecified atom stereocenters. The Labute approximate surface area is 259 Å². The smallest absolute Gasteiger partial charge is 0.187 e. The lowest BCUT2D eigenvalue weighted by Gasteiger charge is -2.47. The van der Waals surface area contributed by atoms with Crippen molar-refractivity contribution in [1.82, 2.24) is 0 Å². The topological polar surface area (TPSA) is 342 Å². The molecular formula is C26H48N6O13. The molecule has 19 nitrogen and oxygen atoms in total. The average Bonchev–Trinajstić information content (AvgIpc) is 3.30. The first kappa shape index (κ1) is 36.6. The zero-order valence-corrected chi connectivity index (χ0v) is 24.6. The van der Waals surface area contributed by atoms with Crippen LogP contribution in [0.25, 0.3) is 0 Å². The minimum Gasteiger partial charge on any atom is -0.389 e. The molecule has 45 heavy (non-hydrogen) atoms. The third-order valence-corrected chi connectivity index (χ3v) is 8.66. The Morgan fingerprint density at radius 3 is 1.60 bits per heavy atom. The lowest BCUT2D eigenvalue weighted by molar-refractivity contribution is -0.307. The van der Waals surface area contributed by atoms with Crippen LogP contribution in [0.5, 0.6) is 0 Å². The van der Waals surface area contributed by atoms with Crippen molar-refractivity contribution in [1.29, 1.82) is 0 Å². The molecule has 0 spiro atoms. The van der Waals surface area contributed by atoms with Crippen LogP contribution in [0.15, 0.2) is 0 Å². The quantitative estimate of drug-likeness (QED) is 0.0728. The number of hydrogen-bond donors (Lipinski definition) is 12. The van der Waals surface area contributed by atoms with Crippen LogP contribution < -0.4 is 34.4 Å². The first-order valence-electron chi connectivity index (χ1n) is 14.8. The number of ether oxygens (including phenoxy) is 7. The lowest BCUT2D eigenvalue weighted by Crippen LogP contribution is -2.68. The second kappa shape index (κ2) is 15.8. The van der Waals surface area contributed by atoms with Gasteiger partial charge in [-0.3, -0.25) is 0 Å². The fourth-order valence-electron chi connectivity index (χ4n) is 5.96. The van der Waals surface area contributed by atoms with E-state index in [1.807, 2.05) is 0 Å². The molecule has 260 valence electrons. The van der Waals surface area contributed by atoms with E-state index < -0.39 is 116 Å². The van der Waals surface area contributed by atoms with Gasteiger partial charge in [-0.15, -0.1) is 6.42 Å². The molecule has 0 aromatic heterocycles. The molecule has 18 N–H and O–H groups in total. The van der Waals surface area contributed by atoms with Crippen molar-refractivity contribution in [2.75, 3.05) is 26.3 Å². The van der Waals surface area contributed by atoms with E-state index in [9.17, 15) is 30.6 Å². The normalized spacial score (nSPS) is 50.8. The first-order chi connectivity index (χ1) is 21.3. The average molecular weight is 653 g/mol. The van der Waals surface area contributed by atoms with Crippen molar-refractivity contribution in [3.8, 4) is 12.3 Å². The van der Waals surface area contributed by atoms with Gasteiger partial charge >= 0.3 is 0 Å². The van der Waals surface area contributed by atoms with Crippen LogP contribution >= 0.6 is 0 Å². The van der Waals surface area contributed by atoms with E-state index >= 15 is 0 Å². The van der Waals surface area contributed by atoms with Gasteiger partial charge in [-0.25, -0.2) is 0 Å². The molecule has 4 rings (SSSR count). The first-order valence-corrected chi connectivity index (χ1v) is 14.8. The highest BCUT2D eigenvalue weighted by Crippen LogP contribution is 2.34. The summed E-state index contributed by atoms with van der Waals surface area (Å²) >= 11 is 0. The van der Waals surface area contributed by atoms with Crippen LogP contribution in [0.2, 0.25) is 0 Å². The fourth-order valence-corrected chi connectivity index (χ4v) is 5.96. The van der Waals surface area contributed by atoms with Gasteiger partial charge in [0.2, 0.25) is 0 Å². The molecule has 19 atom stereocenters. The Hall–Kier alpha value is -1.20. The van der Waals surface area contributed by atoms with E-state index in [0.717, 1.165) is 0 Å². The maximum Gasteiger partial charge on any atom is 0.187 e. The molecule has 0 aromatic carbocycles. The van der Waals surface area contributed by atoms with Crippen LogP contribution in [-0.4, -0.2) is 173 Å². The predicted octanol–water partition coefficient (Wildman–Crippen LogP) is -8.24. The van der Waals surface area contributed by atoms with E-state index in [2.05, 4.69) is 5.92 Å². The third-order valence-electron chi connectivity index (χ3n) is 8.66. The number of aliphatic hydroxyl groups is 6. The van der Waals surface area contributed by atoms with Gasteiger partial charge in [-0.1, -0.05) is 5.92 Å². The Bertz CT molecular complexity index is 982. The highest BCUT2D eigenvalue weighted by Gasteiger charge is 2.54. The van der Waals surface area contributed by atoms with Crippen LogP contribution in [0.4, 0.5) is 0 Å². The van der Waals surface area contributed by atoms with Gasteiger partial charge in [0.1, 0.15) is 73.8 Å². The number of terminal acetylenes is 1. The number of aliphatic hydroxyl groups excluding tert-OH is 6. The molecule has 0 radical (unpaired) electrons. The molecule has 19 heteroatoms. The van der Waals surface area contributed by atoms with E-state index in [1.165, 1.54) is 0 Å². The summed E-state index contributed by atoms with van der Waals surface area (Å²) in [5.74, 6) is 2.31. The molecule has 3 saturated heterocycles. The molecule has 1 saturated carbocycles. The number of rotatable bonds is 11. The monoisotopic (exact) mass is 652 g/mol. The third kappa shape index (κ3) is 7.76. The highest BCUT2D eigenvalue weighted by molar-refractivity contribution is 5.02. The Morgan fingerprint density at radius 1 is 0.600 bits per heavy atom. The van der Waals surface area contributed by atoms with Crippen molar-refractivity contribution < 1.29 is 63.8 Å². The lowest BCUT2D eigenvalue weighted by atomic mass is 9.84. The van der Waals surface area contributed by atoms with Crippen molar-refractivity contribution in [3.63, 3.8) is 0 Å². The molecule has 0 aromatic rings. The Kier molecular flexibility index (Phi) is 12.9. The summed E-state index contributed by atoms with van der Waals surface area (Å²) < 4.78 is 40.8. The van der Waals surface area contributed by atoms with E-state index in [4.69, 9.17) is 74.0 Å². The standard InChI is InChI=1S/C26H48N6O13/c1-2-3-39-7-12-22(44-25-14(32)19(37)17(35)11(6-28)41-25)20(38)26(42-12)45-23-15(33)8(29)4-9(30)21(23)43-24-13(31)18(36)16(34)10(5-27)40-24/h1,8-26,33-38H,3-7,27-32H2/t8-,9?,10?,11?,12-,13?,14?,15?,16-,17-,18?,19?,20?,21-,22?,23?,24-,25-,26+/m1/s1. The van der Waals surface area contributed by atoms with Crippen LogP contribution in [0, 0.1) is 12.3 Å². The molecule has 0 bridgehead atoms. The summed E-state index contributed by atoms with van der Waals surface area (Å²) in [6, 6.07) is -4.18. The number of hydrogen-bond acceptors (Lipinski definition) is 19. The molecule has 1 aliphatic carbocycles. The van der Waals surface area contributed by atoms with Crippen molar-refractivity contribution >= 4 is 0 Å². The van der Waals surface area contributed by atoms with Crippen LogP contribution in [-0.2, 0) is 33.2 Å². The maximum absolute atomic E-state index is 11.4.